The zero-order chi connectivity index (χ0) is 18.9. The number of benzene rings is 2. The van der Waals surface area contributed by atoms with Crippen LogP contribution in [0.5, 0.6) is 0 Å². The van der Waals surface area contributed by atoms with Crippen molar-refractivity contribution in [2.45, 2.75) is 18.6 Å². The van der Waals surface area contributed by atoms with Crippen LogP contribution in [0.1, 0.15) is 18.1 Å². The first-order valence-electron chi connectivity index (χ1n) is 7.87. The van der Waals surface area contributed by atoms with Gasteiger partial charge in [0, 0.05) is 7.05 Å². The minimum Gasteiger partial charge on any atom is -0.357 e. The summed E-state index contributed by atoms with van der Waals surface area (Å²) in [5.41, 5.74) is -0.676. The molecule has 0 aliphatic heterocycles. The highest BCUT2D eigenvalue weighted by Gasteiger charge is 2.38. The third-order valence-corrected chi connectivity index (χ3v) is 4.21. The third kappa shape index (κ3) is 3.22. The molecule has 2 aromatic carbocycles. The molecule has 0 bridgehead atoms. The van der Waals surface area contributed by atoms with Gasteiger partial charge in [0.1, 0.15) is 5.54 Å². The fourth-order valence-electron chi connectivity index (χ4n) is 2.77. The molecule has 0 saturated carbocycles. The maximum atomic E-state index is 13.1. The fourth-order valence-corrected chi connectivity index (χ4v) is 2.77. The number of likely N-dealkylation sites (N-methyl/N-ethyl adjacent to an activating group) is 1. The topological polar surface area (TPSA) is 69.8 Å². The van der Waals surface area contributed by atoms with Crippen molar-refractivity contribution in [3.63, 3.8) is 0 Å². The van der Waals surface area contributed by atoms with Crippen LogP contribution in [0, 0.1) is 0 Å². The molecule has 3 rings (SSSR count). The van der Waals surface area contributed by atoms with E-state index in [-0.39, 0.29) is 11.5 Å². The number of rotatable bonds is 4. The number of aromatic amines is 1. The number of fused-ring (bicyclic) bond motifs is 1. The lowest BCUT2D eigenvalue weighted by atomic mass is 9.89. The summed E-state index contributed by atoms with van der Waals surface area (Å²) in [6, 6.07) is 11.9. The van der Waals surface area contributed by atoms with Crippen LogP contribution in [0.4, 0.5) is 19.1 Å². The van der Waals surface area contributed by atoms with E-state index in [2.05, 4.69) is 20.6 Å². The first-order chi connectivity index (χ1) is 12.2. The summed E-state index contributed by atoms with van der Waals surface area (Å²) in [6.45, 7) is 1.51. The van der Waals surface area contributed by atoms with E-state index >= 15 is 0 Å². The van der Waals surface area contributed by atoms with Gasteiger partial charge in [-0.2, -0.15) is 13.2 Å². The highest BCUT2D eigenvalue weighted by atomic mass is 19.4. The smallest absolute Gasteiger partial charge is 0.357 e. The highest BCUT2D eigenvalue weighted by molar-refractivity contribution is 5.90. The van der Waals surface area contributed by atoms with Gasteiger partial charge >= 0.3 is 6.18 Å². The van der Waals surface area contributed by atoms with E-state index in [1.165, 1.54) is 26.1 Å². The van der Waals surface area contributed by atoms with Gasteiger partial charge in [0.15, 0.2) is 0 Å². The van der Waals surface area contributed by atoms with Gasteiger partial charge in [-0.15, -0.1) is 0 Å². The summed E-state index contributed by atoms with van der Waals surface area (Å²) >= 11 is 0. The maximum absolute atomic E-state index is 13.1. The molecule has 0 saturated heterocycles. The molecule has 0 aliphatic rings. The number of nitrogens with zero attached hydrogens (tertiary/aromatic N) is 1. The minimum absolute atomic E-state index is 0.173. The summed E-state index contributed by atoms with van der Waals surface area (Å²) in [7, 11) is 1.43. The molecule has 3 N–H and O–H groups in total. The highest BCUT2D eigenvalue weighted by Crippen LogP contribution is 2.33. The first-order valence-corrected chi connectivity index (χ1v) is 7.87. The number of para-hydroxylation sites is 2. The van der Waals surface area contributed by atoms with Gasteiger partial charge in [-0.25, -0.2) is 4.98 Å². The Kier molecular flexibility index (Phi) is 4.35. The van der Waals surface area contributed by atoms with E-state index in [1.807, 2.05) is 18.2 Å². The third-order valence-electron chi connectivity index (χ3n) is 4.21. The van der Waals surface area contributed by atoms with Crippen LogP contribution in [0.3, 0.4) is 0 Å². The number of carbonyl (C=O) groups is 1. The van der Waals surface area contributed by atoms with Crippen LogP contribution >= 0.6 is 0 Å². The molecule has 1 heterocycles. The zero-order valence-corrected chi connectivity index (χ0v) is 14.1. The molecule has 1 aromatic heterocycles. The van der Waals surface area contributed by atoms with Crippen LogP contribution in [-0.4, -0.2) is 22.9 Å². The second-order valence-corrected chi connectivity index (χ2v) is 6.01. The lowest BCUT2D eigenvalue weighted by Gasteiger charge is -2.29. The van der Waals surface area contributed by atoms with E-state index in [9.17, 15) is 18.0 Å². The summed E-state index contributed by atoms with van der Waals surface area (Å²) in [5, 5.41) is 5.44. The van der Waals surface area contributed by atoms with Gasteiger partial charge in [0.05, 0.1) is 16.6 Å². The molecule has 0 fully saturated rings. The average Bonchev–Trinajstić information content (AvgIpc) is 3.02. The van der Waals surface area contributed by atoms with Crippen LogP contribution in [0.25, 0.3) is 11.0 Å². The summed E-state index contributed by atoms with van der Waals surface area (Å²) in [4.78, 5) is 19.9. The quantitative estimate of drug-likeness (QED) is 0.663. The van der Waals surface area contributed by atoms with Crippen molar-refractivity contribution in [3.05, 3.63) is 59.7 Å². The maximum Gasteiger partial charge on any atom is 0.416 e. The van der Waals surface area contributed by atoms with Crippen LogP contribution in [0.15, 0.2) is 48.5 Å². The Labute approximate surface area is 147 Å². The lowest BCUT2D eigenvalue weighted by molar-refractivity contribution is -0.137. The molecular weight excluding hydrogens is 345 g/mol. The number of carbonyl (C=O) groups excluding carboxylic acids is 1. The largest absolute Gasteiger partial charge is 0.416 e. The monoisotopic (exact) mass is 362 g/mol. The molecular formula is C18H17F3N4O. The number of halogens is 3. The van der Waals surface area contributed by atoms with Crippen molar-refractivity contribution in [2.24, 2.45) is 0 Å². The Bertz CT molecular complexity index is 918. The number of imidazole rings is 1. The first kappa shape index (κ1) is 17.8. The van der Waals surface area contributed by atoms with Gasteiger partial charge < -0.3 is 15.6 Å². The molecule has 1 atom stereocenters. The molecule has 5 nitrogen and oxygen atoms in total. The summed E-state index contributed by atoms with van der Waals surface area (Å²) in [5.74, 6) is -0.202. The average molecular weight is 362 g/mol. The second-order valence-electron chi connectivity index (χ2n) is 6.01. The van der Waals surface area contributed by atoms with E-state index in [0.29, 0.717) is 5.52 Å². The molecule has 3 aromatic rings. The Morgan fingerprint density at radius 3 is 2.42 bits per heavy atom. The van der Waals surface area contributed by atoms with E-state index in [4.69, 9.17) is 0 Å². The molecule has 0 radical (unpaired) electrons. The number of hydrogen-bond acceptors (Lipinski definition) is 3. The van der Waals surface area contributed by atoms with E-state index in [0.717, 1.165) is 17.6 Å². The Morgan fingerprint density at radius 1 is 1.08 bits per heavy atom. The molecule has 8 heteroatoms. The van der Waals surface area contributed by atoms with Crippen molar-refractivity contribution >= 4 is 22.9 Å². The minimum atomic E-state index is -4.50. The van der Waals surface area contributed by atoms with Crippen molar-refractivity contribution in [3.8, 4) is 0 Å². The Hall–Kier alpha value is -3.03. The molecule has 1 amide bonds. The predicted octanol–water partition coefficient (Wildman–Crippen LogP) is 3.66. The number of amides is 1. The number of alkyl halides is 3. The predicted molar refractivity (Wildman–Crippen MR) is 92.6 cm³/mol. The van der Waals surface area contributed by atoms with Crippen molar-refractivity contribution in [2.75, 3.05) is 12.4 Å². The second kappa shape index (κ2) is 6.36. The number of nitrogens with one attached hydrogen (secondary N) is 3. The zero-order valence-electron chi connectivity index (χ0n) is 14.1. The molecule has 1 unspecified atom stereocenters. The Balaban J connectivity index is 2.05. The van der Waals surface area contributed by atoms with Crippen molar-refractivity contribution in [1.29, 1.82) is 0 Å². The van der Waals surface area contributed by atoms with Gasteiger partial charge in [-0.3, -0.25) is 4.79 Å². The van der Waals surface area contributed by atoms with E-state index in [1.54, 1.807) is 6.07 Å². The number of H-pyrrole nitrogens is 1. The normalized spacial score (nSPS) is 14.0. The number of aromatic nitrogens is 2. The van der Waals surface area contributed by atoms with E-state index < -0.39 is 23.2 Å². The van der Waals surface area contributed by atoms with Gasteiger partial charge in [-0.05, 0) is 36.8 Å². The number of hydrogen-bond donors (Lipinski definition) is 3. The van der Waals surface area contributed by atoms with Gasteiger partial charge in [0.25, 0.3) is 0 Å². The standard InChI is InChI=1S/C18H17F3N4O/c1-17(15(26)22-2,11-6-5-7-12(10-11)18(19,20)21)25-16-23-13-8-3-4-9-14(13)24-16/h3-10H,1-2H3,(H,22,26)(H2,23,24,25). The fraction of sp³-hybridized carbons (Fsp3) is 0.222. The van der Waals surface area contributed by atoms with Crippen molar-refractivity contribution in [1.82, 2.24) is 15.3 Å². The van der Waals surface area contributed by atoms with Crippen molar-refractivity contribution < 1.29 is 18.0 Å². The molecule has 0 spiro atoms. The molecule has 136 valence electrons. The summed E-state index contributed by atoms with van der Waals surface area (Å²) in [6.07, 6.45) is -4.50. The molecule has 26 heavy (non-hydrogen) atoms. The number of anilines is 1. The Morgan fingerprint density at radius 2 is 1.77 bits per heavy atom. The van der Waals surface area contributed by atoms with Crippen LogP contribution in [-0.2, 0) is 16.5 Å². The lowest BCUT2D eigenvalue weighted by Crippen LogP contribution is -2.47. The van der Waals surface area contributed by atoms with Gasteiger partial charge in [0.2, 0.25) is 11.9 Å². The molecule has 0 aliphatic carbocycles. The van der Waals surface area contributed by atoms with Gasteiger partial charge in [-0.1, -0.05) is 24.3 Å². The van der Waals surface area contributed by atoms with Crippen LogP contribution < -0.4 is 10.6 Å². The van der Waals surface area contributed by atoms with Crippen LogP contribution in [0.2, 0.25) is 0 Å². The summed E-state index contributed by atoms with van der Waals surface area (Å²) < 4.78 is 39.2. The SMILES string of the molecule is CNC(=O)C(C)(Nc1nc2ccccc2[nH]1)c1cccc(C(F)(F)F)c1.